The van der Waals surface area contributed by atoms with Crippen LogP contribution in [0.5, 0.6) is 0 Å². The average molecular weight is 248 g/mol. The van der Waals surface area contributed by atoms with Gasteiger partial charge in [-0.15, -0.1) is 0 Å². The number of ketones is 1. The molecule has 0 radical (unpaired) electrons. The molecule has 3 rings (SSSR count). The van der Waals surface area contributed by atoms with Crippen LogP contribution in [-0.4, -0.2) is 27.7 Å². The molecule has 0 unspecified atom stereocenters. The zero-order valence-corrected chi connectivity index (χ0v) is 11.4. The van der Waals surface area contributed by atoms with Crippen LogP contribution in [0.25, 0.3) is 0 Å². The van der Waals surface area contributed by atoms with Crippen LogP contribution in [0.3, 0.4) is 0 Å². The van der Waals surface area contributed by atoms with Crippen LogP contribution in [0, 0.1) is 10.8 Å². The molecule has 2 atom stereocenters. The number of aliphatic hydroxyl groups is 2. The van der Waals surface area contributed by atoms with Crippen LogP contribution < -0.4 is 0 Å². The summed E-state index contributed by atoms with van der Waals surface area (Å²) in [4.78, 5) is 12.5. The van der Waals surface area contributed by atoms with Crippen LogP contribution in [0.4, 0.5) is 0 Å². The van der Waals surface area contributed by atoms with E-state index < -0.39 is 22.5 Å². The summed E-state index contributed by atoms with van der Waals surface area (Å²) in [5, 5.41) is 21.0. The normalized spacial score (nSPS) is 40.0. The molecule has 1 saturated carbocycles. The summed E-state index contributed by atoms with van der Waals surface area (Å²) in [6.45, 7) is 7.43. The fourth-order valence-electron chi connectivity index (χ4n) is 3.73. The van der Waals surface area contributed by atoms with Gasteiger partial charge in [0.25, 0.3) is 0 Å². The maximum Gasteiger partial charge on any atom is 0.195 e. The second kappa shape index (κ2) is 2.97. The van der Waals surface area contributed by atoms with Gasteiger partial charge < -0.3 is 10.2 Å². The lowest BCUT2D eigenvalue weighted by molar-refractivity contribution is -0.138. The van der Waals surface area contributed by atoms with E-state index in [1.165, 1.54) is 0 Å². The molecule has 3 heteroatoms. The van der Waals surface area contributed by atoms with Crippen LogP contribution in [0.1, 0.15) is 40.5 Å². The van der Waals surface area contributed by atoms with Crippen molar-refractivity contribution in [3.05, 3.63) is 22.8 Å². The third-order valence-corrected chi connectivity index (χ3v) is 5.28. The molecule has 2 N–H and O–H groups in total. The number of fused-ring (bicyclic) bond motifs is 1. The molecule has 3 nitrogen and oxygen atoms in total. The van der Waals surface area contributed by atoms with E-state index in [0.717, 1.165) is 24.0 Å². The van der Waals surface area contributed by atoms with Gasteiger partial charge in [-0.05, 0) is 32.3 Å². The fourth-order valence-corrected chi connectivity index (χ4v) is 3.73. The van der Waals surface area contributed by atoms with E-state index in [1.807, 2.05) is 26.8 Å². The smallest absolute Gasteiger partial charge is 0.195 e. The summed E-state index contributed by atoms with van der Waals surface area (Å²) in [5.74, 6) is -0.217. The van der Waals surface area contributed by atoms with Gasteiger partial charge in [0, 0.05) is 16.4 Å². The van der Waals surface area contributed by atoms with Gasteiger partial charge in [0.05, 0.1) is 6.10 Å². The Hall–Kier alpha value is -0.930. The summed E-state index contributed by atoms with van der Waals surface area (Å²) in [6, 6.07) is 0. The molecule has 0 aliphatic heterocycles. The topological polar surface area (TPSA) is 57.5 Å². The van der Waals surface area contributed by atoms with Crippen molar-refractivity contribution in [2.75, 3.05) is 0 Å². The van der Waals surface area contributed by atoms with Crippen molar-refractivity contribution in [1.82, 2.24) is 0 Å². The molecule has 0 heterocycles. The SMILES string of the molecule is CC1=C2C(=CC(C)(C)[C@H]2O)C(=O)[C@@](C)(O)C12CC2. The minimum absolute atomic E-state index is 0.217. The number of hydrogen-bond donors (Lipinski definition) is 2. The molecule has 0 aromatic carbocycles. The molecule has 0 aromatic rings. The van der Waals surface area contributed by atoms with Crippen molar-refractivity contribution >= 4 is 5.78 Å². The Morgan fingerprint density at radius 1 is 1.28 bits per heavy atom. The average Bonchev–Trinajstić information content (AvgIpc) is 3.02. The van der Waals surface area contributed by atoms with E-state index in [-0.39, 0.29) is 5.78 Å². The first-order valence-electron chi connectivity index (χ1n) is 6.55. The second-order valence-electron chi connectivity index (χ2n) is 6.80. The number of carbonyl (C=O) groups excluding carboxylic acids is 1. The van der Waals surface area contributed by atoms with E-state index >= 15 is 0 Å². The molecular weight excluding hydrogens is 228 g/mol. The molecule has 1 spiro atoms. The van der Waals surface area contributed by atoms with Gasteiger partial charge in [-0.2, -0.15) is 0 Å². The minimum atomic E-state index is -1.31. The Morgan fingerprint density at radius 2 is 1.83 bits per heavy atom. The summed E-state index contributed by atoms with van der Waals surface area (Å²) < 4.78 is 0. The number of hydrogen-bond acceptors (Lipinski definition) is 3. The first kappa shape index (κ1) is 12.1. The molecule has 0 bridgehead atoms. The third-order valence-electron chi connectivity index (χ3n) is 5.28. The fraction of sp³-hybridized carbons (Fsp3) is 0.667. The Kier molecular flexibility index (Phi) is 2.00. The molecule has 18 heavy (non-hydrogen) atoms. The summed E-state index contributed by atoms with van der Waals surface area (Å²) in [7, 11) is 0. The maximum atomic E-state index is 12.5. The highest BCUT2D eigenvalue weighted by atomic mass is 16.3. The monoisotopic (exact) mass is 248 g/mol. The predicted octanol–water partition coefficient (Wildman–Crippen LogP) is 1.74. The Bertz CT molecular complexity index is 516. The first-order valence-corrected chi connectivity index (χ1v) is 6.55. The Balaban J connectivity index is 2.28. The summed E-state index contributed by atoms with van der Waals surface area (Å²) in [6.07, 6.45) is 2.86. The van der Waals surface area contributed by atoms with Crippen molar-refractivity contribution in [1.29, 1.82) is 0 Å². The predicted molar refractivity (Wildman–Crippen MR) is 67.9 cm³/mol. The maximum absolute atomic E-state index is 12.5. The number of rotatable bonds is 0. The number of carbonyl (C=O) groups is 1. The van der Waals surface area contributed by atoms with E-state index in [9.17, 15) is 15.0 Å². The van der Waals surface area contributed by atoms with Crippen molar-refractivity contribution in [2.24, 2.45) is 10.8 Å². The summed E-state index contributed by atoms with van der Waals surface area (Å²) >= 11 is 0. The van der Waals surface area contributed by atoms with Crippen molar-refractivity contribution in [3.63, 3.8) is 0 Å². The lowest BCUT2D eigenvalue weighted by atomic mass is 9.67. The Morgan fingerprint density at radius 3 is 2.33 bits per heavy atom. The molecule has 98 valence electrons. The number of aliphatic hydroxyl groups excluding tert-OH is 1. The molecule has 3 aliphatic rings. The largest absolute Gasteiger partial charge is 0.388 e. The first-order chi connectivity index (χ1) is 8.15. The van der Waals surface area contributed by atoms with Crippen LogP contribution in [-0.2, 0) is 4.79 Å². The molecule has 0 amide bonds. The van der Waals surface area contributed by atoms with Crippen molar-refractivity contribution in [3.8, 4) is 0 Å². The van der Waals surface area contributed by atoms with Crippen molar-refractivity contribution < 1.29 is 15.0 Å². The quantitative estimate of drug-likeness (QED) is 0.686. The number of Topliss-reactive ketones (excluding diaryl/α,β-unsaturated/α-hetero) is 1. The highest BCUT2D eigenvalue weighted by molar-refractivity contribution is 6.09. The van der Waals surface area contributed by atoms with E-state index in [2.05, 4.69) is 0 Å². The van der Waals surface area contributed by atoms with Gasteiger partial charge in [-0.1, -0.05) is 25.5 Å². The van der Waals surface area contributed by atoms with E-state index in [1.54, 1.807) is 6.92 Å². The highest BCUT2D eigenvalue weighted by Crippen LogP contribution is 2.65. The molecule has 3 aliphatic carbocycles. The zero-order chi connectivity index (χ0) is 13.5. The standard InChI is InChI=1S/C15H20O3/c1-8-10-9(7-13(2,3)12(10)17)11(16)14(4,18)15(8)5-6-15/h7,12,17-18H,5-6H2,1-4H3/t12-,14+/m0/s1. The van der Waals surface area contributed by atoms with Crippen LogP contribution in [0.15, 0.2) is 22.8 Å². The molecule has 1 fully saturated rings. The van der Waals surface area contributed by atoms with Gasteiger partial charge >= 0.3 is 0 Å². The lowest BCUT2D eigenvalue weighted by Gasteiger charge is -2.39. The van der Waals surface area contributed by atoms with Gasteiger partial charge in [-0.25, -0.2) is 0 Å². The van der Waals surface area contributed by atoms with Gasteiger partial charge in [0.15, 0.2) is 5.78 Å². The van der Waals surface area contributed by atoms with E-state index in [0.29, 0.717) is 5.57 Å². The molecular formula is C15H20O3. The van der Waals surface area contributed by atoms with Crippen molar-refractivity contribution in [2.45, 2.75) is 52.2 Å². The molecule has 0 aromatic heterocycles. The molecule has 0 saturated heterocycles. The third kappa shape index (κ3) is 1.10. The second-order valence-corrected chi connectivity index (χ2v) is 6.80. The van der Waals surface area contributed by atoms with Gasteiger partial charge in [0.2, 0.25) is 0 Å². The van der Waals surface area contributed by atoms with Crippen LogP contribution in [0.2, 0.25) is 0 Å². The van der Waals surface area contributed by atoms with Gasteiger partial charge in [0.1, 0.15) is 5.60 Å². The minimum Gasteiger partial charge on any atom is -0.388 e. The van der Waals surface area contributed by atoms with Gasteiger partial charge in [-0.3, -0.25) is 4.79 Å². The lowest BCUT2D eigenvalue weighted by Crippen LogP contribution is -2.49. The highest BCUT2D eigenvalue weighted by Gasteiger charge is 2.66. The van der Waals surface area contributed by atoms with E-state index in [4.69, 9.17) is 0 Å². The van der Waals surface area contributed by atoms with Crippen LogP contribution >= 0.6 is 0 Å². The Labute approximate surface area is 107 Å². The zero-order valence-electron chi connectivity index (χ0n) is 11.4. The summed E-state index contributed by atoms with van der Waals surface area (Å²) in [5.41, 5.74) is 0.154.